The predicted octanol–water partition coefficient (Wildman–Crippen LogP) is 3.42. The topological polar surface area (TPSA) is 38.0 Å². The Morgan fingerprint density at radius 1 is 1.27 bits per heavy atom. The second kappa shape index (κ2) is 5.06. The fourth-order valence-corrected chi connectivity index (χ4v) is 1.84. The first-order chi connectivity index (χ1) is 7.00. The van der Waals surface area contributed by atoms with E-state index < -0.39 is 0 Å². The smallest absolute Gasteiger partial charge is 0.0392 e. The van der Waals surface area contributed by atoms with Crippen molar-refractivity contribution in [1.82, 2.24) is 0 Å². The monoisotopic (exact) mass is 206 g/mol. The molecule has 0 radical (unpaired) electrons. The number of benzene rings is 1. The minimum absolute atomic E-state index is 0.491. The normalized spacial score (nSPS) is 12.9. The van der Waals surface area contributed by atoms with Gasteiger partial charge in [0.2, 0.25) is 0 Å². The molecule has 1 aromatic rings. The highest BCUT2D eigenvalue weighted by atomic mass is 14.9. The molecular formula is C13H22N2. The lowest BCUT2D eigenvalue weighted by atomic mass is 10.0. The average molecular weight is 206 g/mol. The summed E-state index contributed by atoms with van der Waals surface area (Å²) >= 11 is 0. The van der Waals surface area contributed by atoms with Crippen molar-refractivity contribution in [2.24, 2.45) is 5.92 Å². The molecule has 0 fully saturated rings. The van der Waals surface area contributed by atoms with E-state index >= 15 is 0 Å². The third kappa shape index (κ3) is 3.46. The van der Waals surface area contributed by atoms with E-state index in [1.165, 1.54) is 6.42 Å². The van der Waals surface area contributed by atoms with Crippen molar-refractivity contribution in [3.8, 4) is 0 Å². The molecule has 15 heavy (non-hydrogen) atoms. The van der Waals surface area contributed by atoms with Crippen LogP contribution >= 0.6 is 0 Å². The van der Waals surface area contributed by atoms with Gasteiger partial charge in [0.25, 0.3) is 0 Å². The summed E-state index contributed by atoms with van der Waals surface area (Å²) in [6.07, 6.45) is 1.17. The van der Waals surface area contributed by atoms with E-state index in [0.29, 0.717) is 12.0 Å². The van der Waals surface area contributed by atoms with Gasteiger partial charge in [-0.2, -0.15) is 0 Å². The van der Waals surface area contributed by atoms with Crippen molar-refractivity contribution in [2.45, 2.75) is 40.2 Å². The minimum Gasteiger partial charge on any atom is -0.398 e. The Bertz CT molecular complexity index is 318. The number of nitrogens with one attached hydrogen (secondary N) is 1. The maximum Gasteiger partial charge on any atom is 0.0392 e. The number of rotatable bonds is 4. The molecule has 3 N–H and O–H groups in total. The molecule has 1 atom stereocenters. The minimum atomic E-state index is 0.491. The van der Waals surface area contributed by atoms with Gasteiger partial charge in [0, 0.05) is 17.4 Å². The largest absolute Gasteiger partial charge is 0.398 e. The number of hydrogen-bond donors (Lipinski definition) is 2. The molecule has 0 aliphatic heterocycles. The predicted molar refractivity (Wildman–Crippen MR) is 68.1 cm³/mol. The van der Waals surface area contributed by atoms with Gasteiger partial charge >= 0.3 is 0 Å². The average Bonchev–Trinajstić information content (AvgIpc) is 2.11. The zero-order valence-corrected chi connectivity index (χ0v) is 10.2. The van der Waals surface area contributed by atoms with Crippen molar-refractivity contribution in [3.05, 3.63) is 23.8 Å². The van der Waals surface area contributed by atoms with Crippen LogP contribution in [0, 0.1) is 12.8 Å². The molecule has 1 unspecified atom stereocenters. The molecule has 0 aromatic heterocycles. The molecule has 0 heterocycles. The molecule has 0 saturated heterocycles. The van der Waals surface area contributed by atoms with E-state index in [9.17, 15) is 0 Å². The van der Waals surface area contributed by atoms with Crippen molar-refractivity contribution < 1.29 is 0 Å². The van der Waals surface area contributed by atoms with Crippen LogP contribution in [0.4, 0.5) is 11.4 Å². The molecule has 1 aromatic carbocycles. The van der Waals surface area contributed by atoms with E-state index in [4.69, 9.17) is 5.73 Å². The lowest BCUT2D eigenvalue weighted by Gasteiger charge is -2.19. The van der Waals surface area contributed by atoms with Crippen LogP contribution in [0.15, 0.2) is 18.2 Å². The summed E-state index contributed by atoms with van der Waals surface area (Å²) in [5, 5.41) is 3.50. The molecule has 2 heteroatoms. The highest BCUT2D eigenvalue weighted by molar-refractivity contribution is 5.63. The van der Waals surface area contributed by atoms with Crippen LogP contribution in [-0.2, 0) is 0 Å². The lowest BCUT2D eigenvalue weighted by molar-refractivity contribution is 0.539. The van der Waals surface area contributed by atoms with Gasteiger partial charge < -0.3 is 11.1 Å². The Labute approximate surface area is 92.9 Å². The molecule has 0 amide bonds. The van der Waals surface area contributed by atoms with Crippen LogP contribution in [0.25, 0.3) is 0 Å². The van der Waals surface area contributed by atoms with Crippen LogP contribution in [0.1, 0.15) is 32.8 Å². The fraction of sp³-hybridized carbons (Fsp3) is 0.538. The van der Waals surface area contributed by atoms with Gasteiger partial charge in [0.15, 0.2) is 0 Å². The first-order valence-corrected chi connectivity index (χ1v) is 5.62. The molecule has 0 aliphatic rings. The highest BCUT2D eigenvalue weighted by Gasteiger charge is 2.07. The molecule has 0 saturated carbocycles. The van der Waals surface area contributed by atoms with Crippen molar-refractivity contribution in [3.63, 3.8) is 0 Å². The Morgan fingerprint density at radius 3 is 2.53 bits per heavy atom. The van der Waals surface area contributed by atoms with E-state index in [1.807, 2.05) is 12.1 Å². The standard InChI is InChI=1S/C13H22N2/c1-9(2)8-10(3)15-13-7-5-6-12(14)11(13)4/h5-7,9-10,15H,8,14H2,1-4H3. The Morgan fingerprint density at radius 2 is 1.93 bits per heavy atom. The van der Waals surface area contributed by atoms with Crippen LogP contribution in [0.3, 0.4) is 0 Å². The number of hydrogen-bond acceptors (Lipinski definition) is 2. The Kier molecular flexibility index (Phi) is 4.01. The molecular weight excluding hydrogens is 184 g/mol. The lowest BCUT2D eigenvalue weighted by Crippen LogP contribution is -2.18. The fourth-order valence-electron chi connectivity index (χ4n) is 1.84. The summed E-state index contributed by atoms with van der Waals surface area (Å²) in [7, 11) is 0. The second-order valence-corrected chi connectivity index (χ2v) is 4.69. The third-order valence-corrected chi connectivity index (χ3v) is 2.60. The summed E-state index contributed by atoms with van der Waals surface area (Å²) in [6.45, 7) is 8.75. The molecule has 2 nitrogen and oxygen atoms in total. The summed E-state index contributed by atoms with van der Waals surface area (Å²) in [6, 6.07) is 6.51. The van der Waals surface area contributed by atoms with Crippen molar-refractivity contribution in [2.75, 3.05) is 11.1 Å². The third-order valence-electron chi connectivity index (χ3n) is 2.60. The van der Waals surface area contributed by atoms with E-state index in [1.54, 1.807) is 0 Å². The van der Waals surface area contributed by atoms with Crippen LogP contribution < -0.4 is 11.1 Å². The van der Waals surface area contributed by atoms with Gasteiger partial charge in [-0.05, 0) is 43.9 Å². The van der Waals surface area contributed by atoms with Gasteiger partial charge in [-0.1, -0.05) is 19.9 Å². The van der Waals surface area contributed by atoms with Crippen LogP contribution in [0.2, 0.25) is 0 Å². The van der Waals surface area contributed by atoms with Crippen LogP contribution in [-0.4, -0.2) is 6.04 Å². The summed E-state index contributed by atoms with van der Waals surface area (Å²) in [4.78, 5) is 0. The van der Waals surface area contributed by atoms with Crippen molar-refractivity contribution in [1.29, 1.82) is 0 Å². The van der Waals surface area contributed by atoms with Gasteiger partial charge in [0.05, 0.1) is 0 Å². The number of anilines is 2. The zero-order chi connectivity index (χ0) is 11.4. The quantitative estimate of drug-likeness (QED) is 0.741. The Hall–Kier alpha value is -1.18. The SMILES string of the molecule is Cc1c(N)cccc1NC(C)CC(C)C. The van der Waals surface area contributed by atoms with Crippen LogP contribution in [0.5, 0.6) is 0 Å². The van der Waals surface area contributed by atoms with Gasteiger partial charge in [-0.15, -0.1) is 0 Å². The molecule has 84 valence electrons. The maximum absolute atomic E-state index is 5.86. The number of nitrogens with two attached hydrogens (primary N) is 1. The second-order valence-electron chi connectivity index (χ2n) is 4.69. The van der Waals surface area contributed by atoms with Gasteiger partial charge in [-0.3, -0.25) is 0 Å². The first-order valence-electron chi connectivity index (χ1n) is 5.62. The van der Waals surface area contributed by atoms with Gasteiger partial charge in [0.1, 0.15) is 0 Å². The molecule has 0 aliphatic carbocycles. The maximum atomic E-state index is 5.86. The highest BCUT2D eigenvalue weighted by Crippen LogP contribution is 2.22. The molecule has 0 spiro atoms. The Balaban J connectivity index is 2.68. The zero-order valence-electron chi connectivity index (χ0n) is 10.2. The van der Waals surface area contributed by atoms with E-state index in [-0.39, 0.29) is 0 Å². The molecule has 0 bridgehead atoms. The van der Waals surface area contributed by atoms with E-state index in [2.05, 4.69) is 39.1 Å². The summed E-state index contributed by atoms with van der Waals surface area (Å²) < 4.78 is 0. The van der Waals surface area contributed by atoms with Crippen molar-refractivity contribution >= 4 is 11.4 Å². The van der Waals surface area contributed by atoms with Gasteiger partial charge in [-0.25, -0.2) is 0 Å². The summed E-state index contributed by atoms with van der Waals surface area (Å²) in [5.74, 6) is 0.717. The van der Waals surface area contributed by atoms with E-state index in [0.717, 1.165) is 16.9 Å². The number of nitrogen functional groups attached to an aromatic ring is 1. The first kappa shape index (κ1) is 11.9. The molecule has 1 rings (SSSR count). The summed E-state index contributed by atoms with van der Waals surface area (Å²) in [5.41, 5.74) is 9.02.